The molecule has 7 heteroatoms. The molecule has 1 N–H and O–H groups in total. The third kappa shape index (κ3) is 7.50. The summed E-state index contributed by atoms with van der Waals surface area (Å²) in [6, 6.07) is 0.548. The highest BCUT2D eigenvalue weighted by molar-refractivity contribution is 5.80. The van der Waals surface area contributed by atoms with Gasteiger partial charge in [-0.15, -0.1) is 0 Å². The van der Waals surface area contributed by atoms with Crippen LogP contribution in [-0.4, -0.2) is 113 Å². The Bertz CT molecular complexity index is 444. The van der Waals surface area contributed by atoms with Crippen molar-refractivity contribution in [2.24, 2.45) is 10.9 Å². The molecule has 0 aromatic heterocycles. The quantitative estimate of drug-likeness (QED) is 0.360. The number of likely N-dealkylation sites (N-methyl/N-ethyl adjacent to an activating group) is 1. The van der Waals surface area contributed by atoms with Gasteiger partial charge in [0.25, 0.3) is 0 Å². The second-order valence-electron chi connectivity index (χ2n) is 8.48. The molecule has 0 aromatic rings. The van der Waals surface area contributed by atoms with E-state index in [1.807, 2.05) is 7.05 Å². The van der Waals surface area contributed by atoms with Gasteiger partial charge in [0.1, 0.15) is 0 Å². The van der Waals surface area contributed by atoms with Crippen LogP contribution in [0.25, 0.3) is 0 Å². The van der Waals surface area contributed by atoms with Gasteiger partial charge in [-0.1, -0.05) is 13.8 Å². The van der Waals surface area contributed by atoms with Crippen molar-refractivity contribution in [2.45, 2.75) is 45.3 Å². The topological polar surface area (TPSA) is 52.6 Å². The molecule has 7 nitrogen and oxygen atoms in total. The molecule has 0 aliphatic carbocycles. The zero-order valence-corrected chi connectivity index (χ0v) is 18.8. The van der Waals surface area contributed by atoms with Crippen LogP contribution in [-0.2, 0) is 9.47 Å². The third-order valence-electron chi connectivity index (χ3n) is 6.05. The fourth-order valence-corrected chi connectivity index (χ4v) is 4.16. The number of piperazine rings is 1. The fourth-order valence-electron chi connectivity index (χ4n) is 4.16. The summed E-state index contributed by atoms with van der Waals surface area (Å²) < 4.78 is 11.1. The Morgan fingerprint density at radius 3 is 2.32 bits per heavy atom. The number of hydrogen-bond acceptors (Lipinski definition) is 5. The van der Waals surface area contributed by atoms with Crippen LogP contribution in [0.2, 0.25) is 0 Å². The zero-order valence-electron chi connectivity index (χ0n) is 18.8. The van der Waals surface area contributed by atoms with E-state index in [2.05, 4.69) is 45.9 Å². The van der Waals surface area contributed by atoms with Gasteiger partial charge < -0.3 is 24.6 Å². The number of likely N-dealkylation sites (tertiary alicyclic amines) is 1. The van der Waals surface area contributed by atoms with Crippen molar-refractivity contribution in [1.29, 1.82) is 0 Å². The number of hydrogen-bond donors (Lipinski definition) is 1. The summed E-state index contributed by atoms with van der Waals surface area (Å²) in [5.41, 5.74) is 0. The number of methoxy groups -OCH3 is 1. The Hall–Kier alpha value is -0.890. The lowest BCUT2D eigenvalue weighted by molar-refractivity contribution is 0.00978. The summed E-state index contributed by atoms with van der Waals surface area (Å²) in [6.45, 7) is 13.9. The molecule has 0 aromatic carbocycles. The van der Waals surface area contributed by atoms with Gasteiger partial charge >= 0.3 is 0 Å². The molecule has 28 heavy (non-hydrogen) atoms. The van der Waals surface area contributed by atoms with Crippen LogP contribution < -0.4 is 5.32 Å². The lowest BCUT2D eigenvalue weighted by Gasteiger charge is -2.41. The monoisotopic (exact) mass is 397 g/mol. The predicted molar refractivity (Wildman–Crippen MR) is 116 cm³/mol. The molecule has 2 aliphatic heterocycles. The van der Waals surface area contributed by atoms with Gasteiger partial charge in [0.2, 0.25) is 0 Å². The molecule has 2 aliphatic rings. The van der Waals surface area contributed by atoms with Gasteiger partial charge in [0.15, 0.2) is 5.96 Å². The van der Waals surface area contributed by atoms with Crippen LogP contribution in [0, 0.1) is 5.92 Å². The van der Waals surface area contributed by atoms with Gasteiger partial charge in [0, 0.05) is 79.2 Å². The number of aliphatic imine (C=N–C) groups is 1. The normalized spacial score (nSPS) is 22.1. The molecule has 2 heterocycles. The van der Waals surface area contributed by atoms with Crippen LogP contribution in [0.3, 0.4) is 0 Å². The van der Waals surface area contributed by atoms with E-state index in [4.69, 9.17) is 9.47 Å². The summed E-state index contributed by atoms with van der Waals surface area (Å²) >= 11 is 0. The Kier molecular flexibility index (Phi) is 10.5. The largest absolute Gasteiger partial charge is 0.385 e. The van der Waals surface area contributed by atoms with Crippen LogP contribution >= 0.6 is 0 Å². The van der Waals surface area contributed by atoms with Crippen LogP contribution in [0.5, 0.6) is 0 Å². The maximum Gasteiger partial charge on any atom is 0.193 e. The van der Waals surface area contributed by atoms with Crippen molar-refractivity contribution >= 4 is 5.96 Å². The van der Waals surface area contributed by atoms with E-state index < -0.39 is 0 Å². The van der Waals surface area contributed by atoms with Gasteiger partial charge in [-0.3, -0.25) is 9.89 Å². The average molecular weight is 398 g/mol. The van der Waals surface area contributed by atoms with Crippen LogP contribution in [0.1, 0.15) is 33.1 Å². The van der Waals surface area contributed by atoms with E-state index in [0.29, 0.717) is 18.1 Å². The number of guanidine groups is 1. The smallest absolute Gasteiger partial charge is 0.193 e. The highest BCUT2D eigenvalue weighted by atomic mass is 16.5. The number of ether oxygens (including phenoxy) is 2. The Balaban J connectivity index is 1.75. The summed E-state index contributed by atoms with van der Waals surface area (Å²) in [5.74, 6) is 1.66. The summed E-state index contributed by atoms with van der Waals surface area (Å²) in [7, 11) is 5.85. The lowest BCUT2D eigenvalue weighted by atomic mass is 10.0. The van der Waals surface area contributed by atoms with Crippen molar-refractivity contribution in [3.05, 3.63) is 0 Å². The minimum absolute atomic E-state index is 0.375. The standard InChI is InChI=1S/C21H43N5O2/c1-18(2)20(25-13-11-24(4)12-14-25)17-23-21(22-3)26-9-7-19(8-10-26)28-16-6-15-27-5/h18-20H,6-17H2,1-5H3,(H,22,23). The zero-order chi connectivity index (χ0) is 20.4. The Morgan fingerprint density at radius 1 is 1.07 bits per heavy atom. The van der Waals surface area contributed by atoms with Crippen molar-refractivity contribution < 1.29 is 9.47 Å². The first-order valence-corrected chi connectivity index (χ1v) is 11.0. The maximum atomic E-state index is 5.99. The first-order chi connectivity index (χ1) is 13.5. The predicted octanol–water partition coefficient (Wildman–Crippen LogP) is 1.35. The molecule has 2 rings (SSSR count). The molecular formula is C21H43N5O2. The molecule has 0 bridgehead atoms. The molecule has 2 saturated heterocycles. The number of nitrogens with zero attached hydrogens (tertiary/aromatic N) is 4. The molecular weight excluding hydrogens is 354 g/mol. The molecule has 164 valence electrons. The Morgan fingerprint density at radius 2 is 1.75 bits per heavy atom. The van der Waals surface area contributed by atoms with E-state index in [0.717, 1.165) is 84.2 Å². The second kappa shape index (κ2) is 12.6. The number of nitrogens with one attached hydrogen (secondary N) is 1. The summed E-state index contributed by atoms with van der Waals surface area (Å²) in [4.78, 5) is 12.0. The van der Waals surface area contributed by atoms with E-state index >= 15 is 0 Å². The van der Waals surface area contributed by atoms with E-state index in [1.54, 1.807) is 7.11 Å². The molecule has 1 atom stereocenters. The van der Waals surface area contributed by atoms with Crippen molar-refractivity contribution in [2.75, 3.05) is 80.2 Å². The van der Waals surface area contributed by atoms with Crippen LogP contribution in [0.15, 0.2) is 4.99 Å². The minimum Gasteiger partial charge on any atom is -0.385 e. The van der Waals surface area contributed by atoms with Gasteiger partial charge in [-0.05, 0) is 32.2 Å². The van der Waals surface area contributed by atoms with E-state index in [-0.39, 0.29) is 0 Å². The van der Waals surface area contributed by atoms with Gasteiger partial charge in [-0.25, -0.2) is 0 Å². The second-order valence-corrected chi connectivity index (χ2v) is 8.48. The highest BCUT2D eigenvalue weighted by Gasteiger charge is 2.27. The van der Waals surface area contributed by atoms with Crippen molar-refractivity contribution in [1.82, 2.24) is 20.0 Å². The van der Waals surface area contributed by atoms with Crippen molar-refractivity contribution in [3.8, 4) is 0 Å². The van der Waals surface area contributed by atoms with E-state index in [9.17, 15) is 0 Å². The van der Waals surface area contributed by atoms with Crippen molar-refractivity contribution in [3.63, 3.8) is 0 Å². The highest BCUT2D eigenvalue weighted by Crippen LogP contribution is 2.16. The van der Waals surface area contributed by atoms with Crippen LogP contribution in [0.4, 0.5) is 0 Å². The minimum atomic E-state index is 0.375. The van der Waals surface area contributed by atoms with Gasteiger partial charge in [-0.2, -0.15) is 0 Å². The van der Waals surface area contributed by atoms with E-state index in [1.165, 1.54) is 0 Å². The molecule has 0 saturated carbocycles. The molecule has 0 radical (unpaired) electrons. The molecule has 1 unspecified atom stereocenters. The molecule has 0 amide bonds. The molecule has 2 fully saturated rings. The first-order valence-electron chi connectivity index (χ1n) is 11.0. The SMILES string of the molecule is CN=C(NCC(C(C)C)N1CCN(C)CC1)N1CCC(OCCCOC)CC1. The summed E-state index contributed by atoms with van der Waals surface area (Å²) in [5, 5.41) is 3.67. The third-order valence-corrected chi connectivity index (χ3v) is 6.05. The lowest BCUT2D eigenvalue weighted by Crippen LogP contribution is -2.56. The molecule has 0 spiro atoms. The number of rotatable bonds is 9. The number of piperidine rings is 1. The Labute approximate surface area is 172 Å². The first kappa shape index (κ1) is 23.4. The average Bonchev–Trinajstić information content (AvgIpc) is 2.70. The van der Waals surface area contributed by atoms with Gasteiger partial charge in [0.05, 0.1) is 6.10 Å². The fraction of sp³-hybridized carbons (Fsp3) is 0.952. The maximum absolute atomic E-state index is 5.99. The summed E-state index contributed by atoms with van der Waals surface area (Å²) in [6.07, 6.45) is 3.49.